The van der Waals surface area contributed by atoms with Crippen LogP contribution in [0.25, 0.3) is 11.3 Å². The van der Waals surface area contributed by atoms with Crippen molar-refractivity contribution in [1.29, 1.82) is 0 Å². The number of pyridine rings is 1. The molecular formula is C23H21ClF5N3O2. The molecule has 0 spiro atoms. The fourth-order valence-electron chi connectivity index (χ4n) is 3.86. The summed E-state index contributed by atoms with van der Waals surface area (Å²) in [6.07, 6.45) is -3.43. The summed E-state index contributed by atoms with van der Waals surface area (Å²) in [5.41, 5.74) is 0.601. The number of nitrogens with zero attached hydrogens (tertiary/aromatic N) is 2. The molecule has 11 heteroatoms. The Morgan fingerprint density at radius 2 is 1.88 bits per heavy atom. The highest BCUT2D eigenvalue weighted by Gasteiger charge is 2.36. The van der Waals surface area contributed by atoms with E-state index in [1.165, 1.54) is 13.2 Å². The molecule has 0 radical (unpaired) electrons. The average molecular weight is 502 g/mol. The second kappa shape index (κ2) is 9.40. The molecule has 4 rings (SSSR count). The lowest BCUT2D eigenvalue weighted by molar-refractivity contribution is -0.137. The molecule has 1 aromatic carbocycles. The van der Waals surface area contributed by atoms with Gasteiger partial charge in [-0.25, -0.2) is 13.8 Å². The lowest BCUT2D eigenvalue weighted by Crippen LogP contribution is -2.24. The second-order valence-electron chi connectivity index (χ2n) is 8.10. The quantitative estimate of drug-likeness (QED) is 0.368. The fourth-order valence-corrected chi connectivity index (χ4v) is 4.10. The number of imidazole rings is 1. The Morgan fingerprint density at radius 3 is 2.50 bits per heavy atom. The molecule has 1 aliphatic rings. The van der Waals surface area contributed by atoms with Crippen molar-refractivity contribution in [3.63, 3.8) is 0 Å². The summed E-state index contributed by atoms with van der Waals surface area (Å²) >= 11 is 6.34. The van der Waals surface area contributed by atoms with Crippen LogP contribution in [0.5, 0.6) is 11.5 Å². The number of aromatic nitrogens is 3. The van der Waals surface area contributed by atoms with Gasteiger partial charge in [-0.05, 0) is 37.1 Å². The third-order valence-electron chi connectivity index (χ3n) is 5.76. The van der Waals surface area contributed by atoms with Gasteiger partial charge in [0, 0.05) is 36.6 Å². The van der Waals surface area contributed by atoms with Gasteiger partial charge in [0.05, 0.1) is 24.1 Å². The van der Waals surface area contributed by atoms with Crippen LogP contribution in [-0.2, 0) is 12.8 Å². The molecule has 0 unspecified atom stereocenters. The molecule has 0 atom stereocenters. The third-order valence-corrected chi connectivity index (χ3v) is 6.04. The summed E-state index contributed by atoms with van der Waals surface area (Å²) in [6.45, 7) is -0.0398. The first-order chi connectivity index (χ1) is 16.1. The predicted octanol–water partition coefficient (Wildman–Crippen LogP) is 7.02. The molecule has 0 bridgehead atoms. The first-order valence-electron chi connectivity index (χ1n) is 10.5. The van der Waals surface area contributed by atoms with Crippen LogP contribution >= 0.6 is 11.6 Å². The van der Waals surface area contributed by atoms with Gasteiger partial charge in [-0.15, -0.1) is 0 Å². The number of ether oxygens (including phenoxy) is 2. The van der Waals surface area contributed by atoms with Crippen LogP contribution in [0.3, 0.4) is 0 Å². The number of halogens is 6. The normalized spacial score (nSPS) is 16.4. The lowest BCUT2D eigenvalue weighted by Gasteiger charge is -2.26. The van der Waals surface area contributed by atoms with E-state index in [-0.39, 0.29) is 30.5 Å². The standard InChI is InChI=1S/C23H21ClF5N3O2/c1-33-18-10-16(34-12-15-3-2-14(11-30-15)23(27,28)29)4-5-17(18)19-20(24)32-21(31-19)13-6-8-22(25,26)9-7-13/h2-5,10-11,13H,6-9,12H2,1H3,(H,31,32). The molecule has 2 aromatic heterocycles. The monoisotopic (exact) mass is 501 g/mol. The van der Waals surface area contributed by atoms with Crippen molar-refractivity contribution < 1.29 is 31.4 Å². The summed E-state index contributed by atoms with van der Waals surface area (Å²) in [6, 6.07) is 7.16. The number of benzene rings is 1. The number of hydrogen-bond acceptors (Lipinski definition) is 4. The summed E-state index contributed by atoms with van der Waals surface area (Å²) < 4.78 is 76.1. The van der Waals surface area contributed by atoms with E-state index in [0.717, 1.165) is 12.3 Å². The van der Waals surface area contributed by atoms with Crippen molar-refractivity contribution in [2.24, 2.45) is 0 Å². The summed E-state index contributed by atoms with van der Waals surface area (Å²) in [4.78, 5) is 11.3. The molecule has 0 saturated heterocycles. The highest BCUT2D eigenvalue weighted by Crippen LogP contribution is 2.42. The molecule has 1 saturated carbocycles. The van der Waals surface area contributed by atoms with Crippen LogP contribution in [0.15, 0.2) is 36.5 Å². The van der Waals surface area contributed by atoms with Crippen molar-refractivity contribution in [1.82, 2.24) is 15.0 Å². The molecule has 1 N–H and O–H groups in total. The van der Waals surface area contributed by atoms with Crippen LogP contribution in [0.2, 0.25) is 5.15 Å². The Balaban J connectivity index is 1.48. The molecule has 0 aliphatic heterocycles. The highest BCUT2D eigenvalue weighted by atomic mass is 35.5. The fraction of sp³-hybridized carbons (Fsp3) is 0.391. The van der Waals surface area contributed by atoms with E-state index in [1.807, 2.05) is 0 Å². The van der Waals surface area contributed by atoms with Crippen LogP contribution in [0.4, 0.5) is 22.0 Å². The van der Waals surface area contributed by atoms with E-state index in [1.54, 1.807) is 18.2 Å². The van der Waals surface area contributed by atoms with Crippen molar-refractivity contribution in [3.05, 3.63) is 58.8 Å². The number of alkyl halides is 5. The minimum atomic E-state index is -4.45. The van der Waals surface area contributed by atoms with E-state index in [4.69, 9.17) is 21.1 Å². The summed E-state index contributed by atoms with van der Waals surface area (Å²) in [7, 11) is 1.47. The van der Waals surface area contributed by atoms with Crippen molar-refractivity contribution in [2.45, 2.75) is 50.3 Å². The van der Waals surface area contributed by atoms with E-state index < -0.39 is 17.7 Å². The highest BCUT2D eigenvalue weighted by molar-refractivity contribution is 6.32. The molecule has 3 aromatic rings. The average Bonchev–Trinajstić information content (AvgIpc) is 3.18. The van der Waals surface area contributed by atoms with E-state index in [2.05, 4.69) is 15.0 Å². The maximum atomic E-state index is 13.5. The minimum absolute atomic E-state index is 0.0398. The van der Waals surface area contributed by atoms with Crippen molar-refractivity contribution in [3.8, 4) is 22.8 Å². The van der Waals surface area contributed by atoms with E-state index >= 15 is 0 Å². The lowest BCUT2D eigenvalue weighted by atomic mass is 9.86. The van der Waals surface area contributed by atoms with E-state index in [9.17, 15) is 22.0 Å². The van der Waals surface area contributed by atoms with Crippen LogP contribution in [0, 0.1) is 0 Å². The molecule has 2 heterocycles. The Hall–Kier alpha value is -2.88. The van der Waals surface area contributed by atoms with Gasteiger partial charge in [-0.3, -0.25) is 4.98 Å². The zero-order valence-electron chi connectivity index (χ0n) is 18.1. The van der Waals surface area contributed by atoms with Crippen LogP contribution in [-0.4, -0.2) is 28.0 Å². The van der Waals surface area contributed by atoms with Crippen LogP contribution < -0.4 is 9.47 Å². The first kappa shape index (κ1) is 24.3. The van der Waals surface area contributed by atoms with Gasteiger partial charge in [0.25, 0.3) is 0 Å². The Bertz CT molecular complexity index is 1140. The number of hydrogen-bond donors (Lipinski definition) is 1. The minimum Gasteiger partial charge on any atom is -0.496 e. The Kier molecular flexibility index (Phi) is 6.71. The largest absolute Gasteiger partial charge is 0.496 e. The SMILES string of the molecule is COc1cc(OCc2ccc(C(F)(F)F)cn2)ccc1-c1[nH]c(C2CCC(F)(F)CC2)nc1Cl. The number of methoxy groups -OCH3 is 1. The van der Waals surface area contributed by atoms with Gasteiger partial charge in [0.15, 0.2) is 5.15 Å². The van der Waals surface area contributed by atoms with Gasteiger partial charge in [0.1, 0.15) is 23.9 Å². The molecule has 1 fully saturated rings. The summed E-state index contributed by atoms with van der Waals surface area (Å²) in [5, 5.41) is 0.202. The Labute approximate surface area is 197 Å². The van der Waals surface area contributed by atoms with Gasteiger partial charge in [0.2, 0.25) is 5.92 Å². The Morgan fingerprint density at radius 1 is 1.15 bits per heavy atom. The molecule has 34 heavy (non-hydrogen) atoms. The maximum Gasteiger partial charge on any atom is 0.417 e. The number of H-pyrrole nitrogens is 1. The molecule has 182 valence electrons. The molecule has 1 aliphatic carbocycles. The topological polar surface area (TPSA) is 60.0 Å². The van der Waals surface area contributed by atoms with Crippen molar-refractivity contribution >= 4 is 11.6 Å². The zero-order chi connectivity index (χ0) is 24.5. The van der Waals surface area contributed by atoms with Gasteiger partial charge in [-0.2, -0.15) is 13.2 Å². The molecular weight excluding hydrogens is 481 g/mol. The van der Waals surface area contributed by atoms with Gasteiger partial charge >= 0.3 is 6.18 Å². The summed E-state index contributed by atoms with van der Waals surface area (Å²) in [5.74, 6) is -1.37. The predicted molar refractivity (Wildman–Crippen MR) is 115 cm³/mol. The number of aromatic amines is 1. The second-order valence-corrected chi connectivity index (χ2v) is 8.46. The van der Waals surface area contributed by atoms with Gasteiger partial charge in [-0.1, -0.05) is 11.6 Å². The number of rotatable bonds is 6. The zero-order valence-corrected chi connectivity index (χ0v) is 18.8. The first-order valence-corrected chi connectivity index (χ1v) is 10.9. The maximum absolute atomic E-state index is 13.5. The van der Waals surface area contributed by atoms with Gasteiger partial charge < -0.3 is 14.5 Å². The molecule has 0 amide bonds. The molecule has 5 nitrogen and oxygen atoms in total. The van der Waals surface area contributed by atoms with Crippen LogP contribution in [0.1, 0.15) is 48.7 Å². The smallest absolute Gasteiger partial charge is 0.417 e. The third kappa shape index (κ3) is 5.43. The number of nitrogens with one attached hydrogen (secondary N) is 1. The van der Waals surface area contributed by atoms with E-state index in [0.29, 0.717) is 47.1 Å². The van der Waals surface area contributed by atoms with Crippen molar-refractivity contribution in [2.75, 3.05) is 7.11 Å².